The first-order chi connectivity index (χ1) is 7.84. The number of hydrogen-bond donors (Lipinski definition) is 0. The van der Waals surface area contributed by atoms with Gasteiger partial charge in [0.05, 0.1) is 4.88 Å². The van der Waals surface area contributed by atoms with Crippen LogP contribution in [0.3, 0.4) is 0 Å². The third kappa shape index (κ3) is 4.12. The van der Waals surface area contributed by atoms with Gasteiger partial charge < -0.3 is 4.74 Å². The lowest BCUT2D eigenvalue weighted by molar-refractivity contribution is -0.210. The van der Waals surface area contributed by atoms with Gasteiger partial charge in [-0.05, 0) is 25.5 Å². The second kappa shape index (κ2) is 5.64. The first kappa shape index (κ1) is 14.2. The summed E-state index contributed by atoms with van der Waals surface area (Å²) in [5.41, 5.74) is 0. The molecule has 0 radical (unpaired) electrons. The summed E-state index contributed by atoms with van der Waals surface area (Å²) in [5, 5.41) is 0. The maximum atomic E-state index is 12.1. The first-order valence-electron chi connectivity index (χ1n) is 5.14. The molecule has 17 heavy (non-hydrogen) atoms. The first-order valence-corrected chi connectivity index (χ1v) is 5.96. The van der Waals surface area contributed by atoms with E-state index in [1.165, 1.54) is 11.3 Å². The van der Waals surface area contributed by atoms with Gasteiger partial charge in [-0.2, -0.15) is 13.2 Å². The van der Waals surface area contributed by atoms with Gasteiger partial charge in [-0.25, -0.2) is 0 Å². The third-order valence-corrected chi connectivity index (χ3v) is 3.48. The Bertz CT molecular complexity index is 384. The van der Waals surface area contributed by atoms with E-state index in [0.717, 1.165) is 18.2 Å². The van der Waals surface area contributed by atoms with Crippen molar-refractivity contribution >= 4 is 17.1 Å². The van der Waals surface area contributed by atoms with E-state index in [1.807, 2.05) is 6.92 Å². The average Bonchev–Trinajstić information content (AvgIpc) is 2.72. The summed E-state index contributed by atoms with van der Waals surface area (Å²) in [4.78, 5) is 13.0. The monoisotopic (exact) mass is 266 g/mol. The van der Waals surface area contributed by atoms with E-state index in [2.05, 4.69) is 4.74 Å². The van der Waals surface area contributed by atoms with Crippen molar-refractivity contribution < 1.29 is 22.7 Å². The van der Waals surface area contributed by atoms with Crippen molar-refractivity contribution in [2.75, 3.05) is 6.61 Å². The molecule has 1 rings (SSSR count). The Morgan fingerprint density at radius 3 is 2.59 bits per heavy atom. The van der Waals surface area contributed by atoms with Crippen molar-refractivity contribution in [3.63, 3.8) is 0 Å². The zero-order valence-corrected chi connectivity index (χ0v) is 10.3. The minimum atomic E-state index is -4.43. The van der Waals surface area contributed by atoms with Gasteiger partial charge >= 0.3 is 6.18 Å². The molecule has 0 amide bonds. The number of ether oxygens (including phenoxy) is 1. The SMILES string of the molecule is CCc1ccc(C(=O)COC(C)C(F)(F)F)s1. The number of halogens is 3. The molecule has 0 fully saturated rings. The van der Waals surface area contributed by atoms with Gasteiger partial charge in [0.15, 0.2) is 11.9 Å². The van der Waals surface area contributed by atoms with Crippen molar-refractivity contribution in [1.82, 2.24) is 0 Å². The topological polar surface area (TPSA) is 26.3 Å². The van der Waals surface area contributed by atoms with E-state index in [1.54, 1.807) is 12.1 Å². The maximum Gasteiger partial charge on any atom is 0.414 e. The minimum absolute atomic E-state index is 0.411. The number of aryl methyl sites for hydroxylation is 1. The molecule has 0 saturated carbocycles. The predicted octanol–water partition coefficient (Wildman–Crippen LogP) is 3.46. The highest BCUT2D eigenvalue weighted by Gasteiger charge is 2.37. The van der Waals surface area contributed by atoms with Crippen molar-refractivity contribution in [3.8, 4) is 0 Å². The van der Waals surface area contributed by atoms with Crippen LogP contribution in [0.5, 0.6) is 0 Å². The van der Waals surface area contributed by atoms with Crippen LogP contribution in [-0.2, 0) is 11.2 Å². The van der Waals surface area contributed by atoms with Gasteiger partial charge in [0.2, 0.25) is 0 Å². The molecule has 1 aromatic heterocycles. The molecule has 0 aromatic carbocycles. The van der Waals surface area contributed by atoms with Gasteiger partial charge in [0.1, 0.15) is 6.61 Å². The smallest absolute Gasteiger partial charge is 0.361 e. The molecule has 0 aliphatic carbocycles. The van der Waals surface area contributed by atoms with Crippen LogP contribution in [0.25, 0.3) is 0 Å². The van der Waals surface area contributed by atoms with E-state index in [9.17, 15) is 18.0 Å². The summed E-state index contributed by atoms with van der Waals surface area (Å²) >= 11 is 1.29. The standard InChI is InChI=1S/C11H13F3O2S/c1-3-8-4-5-10(17-8)9(15)6-16-7(2)11(12,13)14/h4-5,7H,3,6H2,1-2H3. The molecule has 0 spiro atoms. The molecule has 0 aliphatic heterocycles. The zero-order chi connectivity index (χ0) is 13.1. The number of ketones is 1. The average molecular weight is 266 g/mol. The molecule has 96 valence electrons. The van der Waals surface area contributed by atoms with Crippen LogP contribution < -0.4 is 0 Å². The van der Waals surface area contributed by atoms with Crippen LogP contribution in [0, 0.1) is 0 Å². The largest absolute Gasteiger partial charge is 0.414 e. The van der Waals surface area contributed by atoms with Crippen molar-refractivity contribution in [2.24, 2.45) is 0 Å². The van der Waals surface area contributed by atoms with E-state index in [0.29, 0.717) is 4.88 Å². The Labute approximate surface area is 101 Å². The van der Waals surface area contributed by atoms with Gasteiger partial charge in [0, 0.05) is 4.88 Å². The van der Waals surface area contributed by atoms with E-state index >= 15 is 0 Å². The summed E-state index contributed by atoms with van der Waals surface area (Å²) < 4.78 is 40.9. The molecule has 1 heterocycles. The Morgan fingerprint density at radius 2 is 2.12 bits per heavy atom. The van der Waals surface area contributed by atoms with Crippen LogP contribution in [0.1, 0.15) is 28.4 Å². The van der Waals surface area contributed by atoms with E-state index in [-0.39, 0.29) is 0 Å². The second-order valence-electron chi connectivity index (χ2n) is 3.54. The molecular formula is C11H13F3O2S. The lowest BCUT2D eigenvalue weighted by atomic mass is 10.3. The van der Waals surface area contributed by atoms with Crippen LogP contribution in [0.15, 0.2) is 12.1 Å². The summed E-state index contributed by atoms with van der Waals surface area (Å²) in [6.07, 6.45) is -5.54. The van der Waals surface area contributed by atoms with Crippen LogP contribution >= 0.6 is 11.3 Å². The Kier molecular flexibility index (Phi) is 4.70. The molecule has 0 bridgehead atoms. The Balaban J connectivity index is 2.50. The Morgan fingerprint density at radius 1 is 1.47 bits per heavy atom. The molecule has 1 atom stereocenters. The number of carbonyl (C=O) groups excluding carboxylic acids is 1. The van der Waals surface area contributed by atoms with Crippen LogP contribution in [0.4, 0.5) is 13.2 Å². The molecule has 6 heteroatoms. The second-order valence-corrected chi connectivity index (χ2v) is 4.71. The number of hydrogen-bond acceptors (Lipinski definition) is 3. The predicted molar refractivity (Wildman–Crippen MR) is 59.5 cm³/mol. The highest BCUT2D eigenvalue weighted by molar-refractivity contribution is 7.14. The fourth-order valence-corrected chi connectivity index (χ4v) is 1.96. The zero-order valence-electron chi connectivity index (χ0n) is 9.50. The molecule has 0 saturated heterocycles. The van der Waals surface area contributed by atoms with Crippen LogP contribution in [0.2, 0.25) is 0 Å². The summed E-state index contributed by atoms with van der Waals surface area (Å²) in [7, 11) is 0. The molecule has 0 N–H and O–H groups in total. The van der Waals surface area contributed by atoms with Crippen molar-refractivity contribution in [2.45, 2.75) is 32.5 Å². The summed E-state index contributed by atoms with van der Waals surface area (Å²) in [6.45, 7) is 2.30. The number of Topliss-reactive ketones (excluding diaryl/α,β-unsaturated/α-hetero) is 1. The Hall–Kier alpha value is -0.880. The number of alkyl halides is 3. The van der Waals surface area contributed by atoms with Crippen LogP contribution in [-0.4, -0.2) is 24.7 Å². The molecule has 0 aliphatic rings. The lowest BCUT2D eigenvalue weighted by Crippen LogP contribution is -2.30. The lowest BCUT2D eigenvalue weighted by Gasteiger charge is -2.15. The minimum Gasteiger partial charge on any atom is -0.361 e. The van der Waals surface area contributed by atoms with Gasteiger partial charge in [-0.15, -0.1) is 11.3 Å². The van der Waals surface area contributed by atoms with Crippen molar-refractivity contribution in [3.05, 3.63) is 21.9 Å². The molecule has 1 unspecified atom stereocenters. The fourth-order valence-electron chi connectivity index (χ4n) is 1.08. The number of carbonyl (C=O) groups is 1. The highest BCUT2D eigenvalue weighted by atomic mass is 32.1. The summed E-state index contributed by atoms with van der Waals surface area (Å²) in [6, 6.07) is 3.42. The number of thiophene rings is 1. The van der Waals surface area contributed by atoms with Gasteiger partial charge in [0.25, 0.3) is 0 Å². The van der Waals surface area contributed by atoms with E-state index < -0.39 is 24.7 Å². The number of rotatable bonds is 5. The normalized spacial score (nSPS) is 13.7. The molecule has 1 aromatic rings. The van der Waals surface area contributed by atoms with Gasteiger partial charge in [-0.3, -0.25) is 4.79 Å². The van der Waals surface area contributed by atoms with E-state index in [4.69, 9.17) is 0 Å². The summed E-state index contributed by atoms with van der Waals surface area (Å²) in [5.74, 6) is -0.411. The quantitative estimate of drug-likeness (QED) is 0.763. The maximum absolute atomic E-state index is 12.1. The highest BCUT2D eigenvalue weighted by Crippen LogP contribution is 2.23. The fraction of sp³-hybridized carbons (Fsp3) is 0.545. The molecule has 2 nitrogen and oxygen atoms in total. The third-order valence-electron chi connectivity index (χ3n) is 2.21. The van der Waals surface area contributed by atoms with Crippen molar-refractivity contribution in [1.29, 1.82) is 0 Å². The van der Waals surface area contributed by atoms with Gasteiger partial charge in [-0.1, -0.05) is 6.92 Å². The molecular weight excluding hydrogens is 253 g/mol.